The third-order valence-corrected chi connectivity index (χ3v) is 0.507. The number of hydrogen-bond acceptors (Lipinski definition) is 2. The number of aliphatic hydroxyl groups is 2. The Morgan fingerprint density at radius 1 is 0.909 bits per heavy atom. The Morgan fingerprint density at radius 3 is 1.00 bits per heavy atom. The number of rotatable bonds is 2. The molecule has 7 heteroatoms. The molecule has 0 atom stereocenters. The summed E-state index contributed by atoms with van der Waals surface area (Å²) in [5.41, 5.74) is 0. The molecule has 0 heterocycles. The maximum absolute atomic E-state index is 7.74. The van der Waals surface area contributed by atoms with Crippen LogP contribution in [0.3, 0.4) is 0 Å². The average molecular weight is 323 g/mol. The maximum atomic E-state index is 7.74. The Labute approximate surface area is 95.4 Å². The van der Waals surface area contributed by atoms with Gasteiger partial charge in [-0.1, -0.05) is 0 Å². The zero-order valence-electron chi connectivity index (χ0n) is 5.73. The van der Waals surface area contributed by atoms with Crippen molar-refractivity contribution in [2.45, 2.75) is 0 Å². The first kappa shape index (κ1) is 18.7. The predicted molar refractivity (Wildman–Crippen MR) is 47.3 cm³/mol. The fourth-order valence-electron chi connectivity index (χ4n) is 0. The number of hydrogen-bond donors (Lipinski definition) is 2. The van der Waals surface area contributed by atoms with Gasteiger partial charge < -0.3 is 10.2 Å². The van der Waals surface area contributed by atoms with E-state index in [1.54, 1.807) is 0 Å². The molecule has 0 bridgehead atoms. The van der Waals surface area contributed by atoms with Gasteiger partial charge in [-0.2, -0.15) is 0 Å². The van der Waals surface area contributed by atoms with Gasteiger partial charge in [-0.3, -0.25) is 0 Å². The van der Waals surface area contributed by atoms with Gasteiger partial charge in [0.2, 0.25) is 0 Å². The van der Waals surface area contributed by atoms with Gasteiger partial charge in [0, 0.05) is 11.8 Å². The molecule has 2 N–H and O–H groups in total. The van der Waals surface area contributed by atoms with Crippen molar-refractivity contribution in [1.82, 2.24) is 0 Å². The second-order valence-corrected chi connectivity index (χ2v) is 5.38. The van der Waals surface area contributed by atoms with Crippen LogP contribution in [0.25, 0.3) is 0 Å². The van der Waals surface area contributed by atoms with E-state index in [1.165, 1.54) is 0 Å². The molecular formula is C4H10Cl4O2Zr. The first-order valence-electron chi connectivity index (χ1n) is 2.54. The van der Waals surface area contributed by atoms with E-state index in [0.29, 0.717) is 11.8 Å². The van der Waals surface area contributed by atoms with Crippen LogP contribution in [-0.2, 0) is 20.8 Å². The molecule has 0 aliphatic heterocycles. The molecule has 0 rings (SSSR count). The first-order chi connectivity index (χ1) is 5.24. The Bertz CT molecular complexity index is 35.3. The zero-order chi connectivity index (χ0) is 9.54. The third kappa shape index (κ3) is 75.6. The molecule has 0 aliphatic carbocycles. The predicted octanol–water partition coefficient (Wildman–Crippen LogP) is 1.81. The summed E-state index contributed by atoms with van der Waals surface area (Å²) in [5, 5.41) is 15.5. The van der Waals surface area contributed by atoms with E-state index in [0.717, 1.165) is 0 Å². The molecule has 11 heavy (non-hydrogen) atoms. The van der Waals surface area contributed by atoms with E-state index in [2.05, 4.69) is 0 Å². The molecule has 2 nitrogen and oxygen atoms in total. The van der Waals surface area contributed by atoms with Gasteiger partial charge in [0.1, 0.15) is 0 Å². The van der Waals surface area contributed by atoms with E-state index in [-0.39, 0.29) is 13.2 Å². The van der Waals surface area contributed by atoms with Crippen LogP contribution in [0, 0.1) is 0 Å². The Kier molecular flexibility index (Phi) is 50.4. The number of halogens is 4. The molecule has 0 aromatic heterocycles. The third-order valence-electron chi connectivity index (χ3n) is 0.169. The van der Waals surface area contributed by atoms with Crippen LogP contribution < -0.4 is 0 Å². The molecule has 0 aromatic rings. The average Bonchev–Trinajstić information content (AvgIpc) is 2.06. The van der Waals surface area contributed by atoms with E-state index in [9.17, 15) is 0 Å². The monoisotopic (exact) mass is 320 g/mol. The van der Waals surface area contributed by atoms with Crippen molar-refractivity contribution < 1.29 is 31.1 Å². The minimum atomic E-state index is -0.826. The topological polar surface area (TPSA) is 40.5 Å². The molecule has 0 saturated carbocycles. The summed E-state index contributed by atoms with van der Waals surface area (Å²) in [6.45, 7) is 0.170. The normalized spacial score (nSPS) is 6.73. The molecule has 0 unspecified atom stereocenters. The van der Waals surface area contributed by atoms with Crippen LogP contribution in [0.2, 0.25) is 0 Å². The first-order valence-corrected chi connectivity index (χ1v) is 9.94. The molecule has 0 radical (unpaired) electrons. The van der Waals surface area contributed by atoms with E-state index >= 15 is 0 Å². The standard InChI is InChI=1S/2C2H5ClO.2ClH.Zr/c2*3-1-2-4;;;/h2*4H,1-2H2;2*1H;/q;;;;+2/p-2. The zero-order valence-corrected chi connectivity index (χ0v) is 11.2. The van der Waals surface area contributed by atoms with Crippen molar-refractivity contribution in [2.24, 2.45) is 0 Å². The second-order valence-electron chi connectivity index (χ2n) is 0.897. The van der Waals surface area contributed by atoms with Crippen LogP contribution >= 0.6 is 40.2 Å². The summed E-state index contributed by atoms with van der Waals surface area (Å²) in [4.78, 5) is 0. The van der Waals surface area contributed by atoms with Gasteiger partial charge in [-0.05, 0) is 0 Å². The van der Waals surface area contributed by atoms with Gasteiger partial charge >= 0.3 is 37.9 Å². The second kappa shape index (κ2) is 29.7. The molecule has 0 aromatic carbocycles. The molecule has 70 valence electrons. The molecule has 0 fully saturated rings. The fraction of sp³-hybridized carbons (Fsp3) is 1.00. The molecule has 0 spiro atoms. The summed E-state index contributed by atoms with van der Waals surface area (Å²) < 4.78 is 0. The van der Waals surface area contributed by atoms with Gasteiger partial charge in [0.05, 0.1) is 13.2 Å². The van der Waals surface area contributed by atoms with Crippen LogP contribution in [0.4, 0.5) is 0 Å². The van der Waals surface area contributed by atoms with Gasteiger partial charge in [-0.25, -0.2) is 0 Å². The van der Waals surface area contributed by atoms with Crippen LogP contribution in [0.15, 0.2) is 0 Å². The van der Waals surface area contributed by atoms with Crippen LogP contribution in [-0.4, -0.2) is 35.2 Å². The number of alkyl halides is 2. The van der Waals surface area contributed by atoms with Gasteiger partial charge in [0.15, 0.2) is 0 Å². The van der Waals surface area contributed by atoms with E-state index < -0.39 is 20.8 Å². The van der Waals surface area contributed by atoms with E-state index in [1.807, 2.05) is 0 Å². The van der Waals surface area contributed by atoms with Crippen molar-refractivity contribution in [3.8, 4) is 0 Å². The summed E-state index contributed by atoms with van der Waals surface area (Å²) in [6, 6.07) is 0. The number of aliphatic hydroxyl groups excluding tert-OH is 2. The van der Waals surface area contributed by atoms with Crippen LogP contribution in [0.1, 0.15) is 0 Å². The van der Waals surface area contributed by atoms with Crippen molar-refractivity contribution in [1.29, 1.82) is 0 Å². The van der Waals surface area contributed by atoms with Gasteiger partial charge in [0.25, 0.3) is 0 Å². The van der Waals surface area contributed by atoms with Crippen molar-refractivity contribution in [3.63, 3.8) is 0 Å². The van der Waals surface area contributed by atoms with Crippen molar-refractivity contribution in [3.05, 3.63) is 0 Å². The molecule has 0 aliphatic rings. The Balaban J connectivity index is -0.0000000886. The summed E-state index contributed by atoms with van der Waals surface area (Å²) >= 11 is 9.05. The summed E-state index contributed by atoms with van der Waals surface area (Å²) in [6.07, 6.45) is 0. The van der Waals surface area contributed by atoms with Crippen molar-refractivity contribution >= 4 is 40.2 Å². The molecule has 0 amide bonds. The molecule has 0 saturated heterocycles. The quantitative estimate of drug-likeness (QED) is 0.761. The fourth-order valence-corrected chi connectivity index (χ4v) is 0. The van der Waals surface area contributed by atoms with Crippen molar-refractivity contribution in [2.75, 3.05) is 25.0 Å². The Morgan fingerprint density at radius 2 is 1.00 bits per heavy atom. The SMILES string of the molecule is OCCCl.OCCCl.[Cl][Zr][Cl]. The van der Waals surface area contributed by atoms with E-state index in [4.69, 9.17) is 50.4 Å². The van der Waals surface area contributed by atoms with Crippen LogP contribution in [0.5, 0.6) is 0 Å². The molecular weight excluding hydrogens is 313 g/mol. The summed E-state index contributed by atoms with van der Waals surface area (Å²) in [5.74, 6) is 0.694. The Hall–Kier alpha value is 1.96. The minimum absolute atomic E-state index is 0.0849. The summed E-state index contributed by atoms with van der Waals surface area (Å²) in [7, 11) is 9.87. The van der Waals surface area contributed by atoms with Gasteiger partial charge in [-0.15, -0.1) is 23.2 Å².